The van der Waals surface area contributed by atoms with Crippen LogP contribution >= 0.6 is 0 Å². The summed E-state index contributed by atoms with van der Waals surface area (Å²) < 4.78 is 5.04. The Kier molecular flexibility index (Phi) is 6.85. The van der Waals surface area contributed by atoms with E-state index in [1.54, 1.807) is 0 Å². The molecule has 0 aromatic rings. The van der Waals surface area contributed by atoms with Crippen LogP contribution in [-0.4, -0.2) is 26.3 Å². The highest BCUT2D eigenvalue weighted by Crippen LogP contribution is 1.70. The standard InChI is InChI=1S/C6H14NO/c1-3-7-5-6-8-4-2/h3-6H2,1-2H3. The van der Waals surface area contributed by atoms with Crippen molar-refractivity contribution in [3.8, 4) is 0 Å². The molecule has 0 atom stereocenters. The minimum absolute atomic E-state index is 0.782. The fourth-order valence-electron chi connectivity index (χ4n) is 0.432. The largest absolute Gasteiger partial charge is 0.380 e. The topological polar surface area (TPSA) is 23.3 Å². The van der Waals surface area contributed by atoms with Crippen LogP contribution in [0.4, 0.5) is 0 Å². The second kappa shape index (κ2) is 6.92. The van der Waals surface area contributed by atoms with Gasteiger partial charge in [-0.2, -0.15) is 0 Å². The van der Waals surface area contributed by atoms with Crippen molar-refractivity contribution in [2.45, 2.75) is 13.8 Å². The predicted molar refractivity (Wildman–Crippen MR) is 34.0 cm³/mol. The molecule has 2 nitrogen and oxygen atoms in total. The van der Waals surface area contributed by atoms with Crippen LogP contribution in [0.25, 0.3) is 0 Å². The zero-order valence-electron chi connectivity index (χ0n) is 5.68. The van der Waals surface area contributed by atoms with Gasteiger partial charge in [0.05, 0.1) is 6.61 Å². The first-order chi connectivity index (χ1) is 3.91. The summed E-state index contributed by atoms with van der Waals surface area (Å²) in [6.45, 7) is 7.37. The van der Waals surface area contributed by atoms with Crippen LogP contribution in [0.1, 0.15) is 13.8 Å². The van der Waals surface area contributed by atoms with Crippen LogP contribution in [0.2, 0.25) is 0 Å². The summed E-state index contributed by atoms with van der Waals surface area (Å²) >= 11 is 0. The molecule has 0 amide bonds. The fraction of sp³-hybridized carbons (Fsp3) is 1.00. The van der Waals surface area contributed by atoms with Crippen molar-refractivity contribution in [3.63, 3.8) is 0 Å². The third-order valence-electron chi connectivity index (χ3n) is 0.821. The lowest BCUT2D eigenvalue weighted by Crippen LogP contribution is -2.11. The number of hydrogen-bond acceptors (Lipinski definition) is 1. The summed E-state index contributed by atoms with van der Waals surface area (Å²) in [6, 6.07) is 0. The molecule has 1 radical (unpaired) electrons. The maximum Gasteiger partial charge on any atom is 0.0607 e. The summed E-state index contributed by atoms with van der Waals surface area (Å²) in [6.07, 6.45) is 0. The monoisotopic (exact) mass is 116 g/mol. The van der Waals surface area contributed by atoms with E-state index < -0.39 is 0 Å². The molecule has 2 heteroatoms. The molecule has 0 N–H and O–H groups in total. The van der Waals surface area contributed by atoms with Crippen molar-refractivity contribution in [2.24, 2.45) is 0 Å². The van der Waals surface area contributed by atoms with E-state index in [9.17, 15) is 0 Å². The molecule has 0 aliphatic carbocycles. The third kappa shape index (κ3) is 5.92. The van der Waals surface area contributed by atoms with Crippen LogP contribution in [0.3, 0.4) is 0 Å². The molecule has 0 saturated carbocycles. The highest BCUT2D eigenvalue weighted by molar-refractivity contribution is 4.37. The van der Waals surface area contributed by atoms with Gasteiger partial charge >= 0.3 is 0 Å². The van der Waals surface area contributed by atoms with Crippen molar-refractivity contribution in [2.75, 3.05) is 26.3 Å². The molecule has 0 unspecified atom stereocenters. The van der Waals surface area contributed by atoms with E-state index in [-0.39, 0.29) is 0 Å². The number of rotatable bonds is 5. The average Bonchev–Trinajstić information content (AvgIpc) is 1.81. The van der Waals surface area contributed by atoms with E-state index in [0.717, 1.165) is 26.3 Å². The van der Waals surface area contributed by atoms with Gasteiger partial charge in [0, 0.05) is 19.7 Å². The lowest BCUT2D eigenvalue weighted by Gasteiger charge is -1.97. The second-order valence-corrected chi connectivity index (χ2v) is 1.46. The first-order valence-corrected chi connectivity index (χ1v) is 3.12. The van der Waals surface area contributed by atoms with Crippen molar-refractivity contribution < 1.29 is 4.74 Å². The summed E-state index contributed by atoms with van der Waals surface area (Å²) in [5.41, 5.74) is 0. The molecular weight excluding hydrogens is 102 g/mol. The molecule has 0 rings (SSSR count). The third-order valence-corrected chi connectivity index (χ3v) is 0.821. The van der Waals surface area contributed by atoms with E-state index in [0.29, 0.717) is 0 Å². The molecule has 0 spiro atoms. The fourth-order valence-corrected chi connectivity index (χ4v) is 0.432. The highest BCUT2D eigenvalue weighted by atomic mass is 16.5. The van der Waals surface area contributed by atoms with Gasteiger partial charge in [-0.05, 0) is 6.92 Å². The maximum absolute atomic E-state index is 5.04. The Morgan fingerprint density at radius 1 is 1.38 bits per heavy atom. The Balaban J connectivity index is 2.53. The summed E-state index contributed by atoms with van der Waals surface area (Å²) in [5.74, 6) is 0. The Morgan fingerprint density at radius 2 is 2.12 bits per heavy atom. The van der Waals surface area contributed by atoms with Crippen LogP contribution < -0.4 is 5.32 Å². The second-order valence-electron chi connectivity index (χ2n) is 1.46. The molecular formula is C6H14NO. The van der Waals surface area contributed by atoms with Gasteiger partial charge in [-0.3, -0.25) is 0 Å². The summed E-state index contributed by atoms with van der Waals surface area (Å²) in [4.78, 5) is 0. The number of likely N-dealkylation sites (N-methyl/N-ethyl adjacent to an activating group) is 1. The Morgan fingerprint density at radius 3 is 2.62 bits per heavy atom. The molecule has 0 aromatic carbocycles. The minimum atomic E-state index is 0.782. The van der Waals surface area contributed by atoms with E-state index in [1.807, 2.05) is 13.8 Å². The Labute approximate surface area is 51.2 Å². The molecule has 49 valence electrons. The van der Waals surface area contributed by atoms with E-state index in [4.69, 9.17) is 4.74 Å². The van der Waals surface area contributed by atoms with Gasteiger partial charge in [0.1, 0.15) is 0 Å². The van der Waals surface area contributed by atoms with Gasteiger partial charge < -0.3 is 4.74 Å². The smallest absolute Gasteiger partial charge is 0.0607 e. The van der Waals surface area contributed by atoms with Crippen LogP contribution in [0.15, 0.2) is 0 Å². The van der Waals surface area contributed by atoms with Crippen molar-refractivity contribution >= 4 is 0 Å². The highest BCUT2D eigenvalue weighted by Gasteiger charge is 1.81. The number of ether oxygens (including phenoxy) is 1. The average molecular weight is 116 g/mol. The van der Waals surface area contributed by atoms with Crippen molar-refractivity contribution in [1.29, 1.82) is 0 Å². The van der Waals surface area contributed by atoms with Gasteiger partial charge in [-0.25, -0.2) is 5.32 Å². The molecule has 0 aromatic heterocycles. The SMILES string of the molecule is CC[N]CCOCC. The van der Waals surface area contributed by atoms with Gasteiger partial charge in [-0.1, -0.05) is 6.92 Å². The van der Waals surface area contributed by atoms with Gasteiger partial charge in [-0.15, -0.1) is 0 Å². The number of hydrogen-bond donors (Lipinski definition) is 0. The molecule has 0 aliphatic rings. The summed E-state index contributed by atoms with van der Waals surface area (Å²) in [5, 5.41) is 4.08. The lowest BCUT2D eigenvalue weighted by atomic mass is 10.6. The maximum atomic E-state index is 5.04. The van der Waals surface area contributed by atoms with E-state index >= 15 is 0 Å². The van der Waals surface area contributed by atoms with Crippen LogP contribution in [0.5, 0.6) is 0 Å². The zero-order chi connectivity index (χ0) is 6.24. The Bertz CT molecular complexity index is 33.5. The predicted octanol–water partition coefficient (Wildman–Crippen LogP) is 0.647. The molecule has 0 heterocycles. The Hall–Kier alpha value is -0.0800. The molecule has 0 bridgehead atoms. The number of nitrogens with zero attached hydrogens (tertiary/aromatic N) is 1. The molecule has 0 fully saturated rings. The van der Waals surface area contributed by atoms with Gasteiger partial charge in [0.15, 0.2) is 0 Å². The minimum Gasteiger partial charge on any atom is -0.380 e. The van der Waals surface area contributed by atoms with Gasteiger partial charge in [0.2, 0.25) is 0 Å². The molecule has 0 saturated heterocycles. The van der Waals surface area contributed by atoms with Gasteiger partial charge in [0.25, 0.3) is 0 Å². The summed E-state index contributed by atoms with van der Waals surface area (Å²) in [7, 11) is 0. The van der Waals surface area contributed by atoms with E-state index in [1.165, 1.54) is 0 Å². The van der Waals surface area contributed by atoms with Crippen LogP contribution in [-0.2, 0) is 4.74 Å². The molecule has 8 heavy (non-hydrogen) atoms. The van der Waals surface area contributed by atoms with Crippen molar-refractivity contribution in [1.82, 2.24) is 5.32 Å². The molecule has 0 aliphatic heterocycles. The zero-order valence-corrected chi connectivity index (χ0v) is 5.68. The first-order valence-electron chi connectivity index (χ1n) is 3.12. The van der Waals surface area contributed by atoms with Crippen LogP contribution in [0, 0.1) is 0 Å². The lowest BCUT2D eigenvalue weighted by molar-refractivity contribution is 0.149. The van der Waals surface area contributed by atoms with E-state index in [2.05, 4.69) is 5.32 Å². The van der Waals surface area contributed by atoms with Crippen molar-refractivity contribution in [3.05, 3.63) is 0 Å². The normalized spacial score (nSPS) is 9.75. The first kappa shape index (κ1) is 7.92. The quantitative estimate of drug-likeness (QED) is 0.484.